The minimum atomic E-state index is -3.67. The van der Waals surface area contributed by atoms with E-state index in [1.165, 1.54) is 0 Å². The third kappa shape index (κ3) is 13.1. The van der Waals surface area contributed by atoms with E-state index < -0.39 is 10.1 Å². The molecule has 0 amide bonds. The minimum Gasteiger partial charge on any atom is -0.505 e. The van der Waals surface area contributed by atoms with Gasteiger partial charge in [0.1, 0.15) is 11.4 Å². The molecule has 0 aliphatic rings. The van der Waals surface area contributed by atoms with Crippen LogP contribution in [0.1, 0.15) is 41.5 Å². The largest absolute Gasteiger partial charge is 0.505 e. The van der Waals surface area contributed by atoms with Crippen LogP contribution in [-0.4, -0.2) is 29.6 Å². The predicted molar refractivity (Wildman–Crippen MR) is 191 cm³/mol. The molecule has 5 rings (SSSR count). The summed E-state index contributed by atoms with van der Waals surface area (Å²) in [5.74, 6) is -0.227. The van der Waals surface area contributed by atoms with Crippen molar-refractivity contribution in [1.29, 1.82) is 0 Å². The number of azo groups is 2. The SMILES string of the molecule is CC.CC.CC.CS(=O)(=O)O.Nc1c(N=Nc2ccccc2)ccc2cc(SOOO)c(N=Nc3ccc4ccccc4c3)c(O)c12. The van der Waals surface area contributed by atoms with E-state index in [0.717, 1.165) is 10.8 Å². The van der Waals surface area contributed by atoms with Crippen LogP contribution >= 0.6 is 12.0 Å². The lowest BCUT2D eigenvalue weighted by molar-refractivity contribution is -0.432. The number of rotatable bonds is 7. The number of aromatic hydroxyl groups is 1. The molecule has 0 bridgehead atoms. The third-order valence-electron chi connectivity index (χ3n) is 5.42. The van der Waals surface area contributed by atoms with Gasteiger partial charge in [-0.15, -0.1) is 14.6 Å². The number of anilines is 1. The van der Waals surface area contributed by atoms with Gasteiger partial charge in [0.05, 0.1) is 45.6 Å². The van der Waals surface area contributed by atoms with Gasteiger partial charge in [0, 0.05) is 0 Å². The molecular weight excluding hydrogens is 643 g/mol. The smallest absolute Gasteiger partial charge is 0.261 e. The molecule has 0 unspecified atom stereocenters. The fourth-order valence-electron chi connectivity index (χ4n) is 3.71. The molecule has 0 aromatic heterocycles. The molecule has 5 aromatic rings. The molecule has 47 heavy (non-hydrogen) atoms. The van der Waals surface area contributed by atoms with Crippen molar-refractivity contribution in [3.05, 3.63) is 91.0 Å². The number of phenols is 1. The highest BCUT2D eigenvalue weighted by atomic mass is 32.2. The quantitative estimate of drug-likeness (QED) is 0.0323. The Labute approximate surface area is 279 Å². The van der Waals surface area contributed by atoms with Crippen LogP contribution in [0.15, 0.2) is 116 Å². The summed E-state index contributed by atoms with van der Waals surface area (Å²) in [5, 5.41) is 43.6. The second-order valence-electron chi connectivity index (χ2n) is 8.39. The Bertz CT molecular complexity index is 1850. The molecule has 252 valence electrons. The molecule has 0 saturated heterocycles. The number of fused-ring (bicyclic) bond motifs is 2. The summed E-state index contributed by atoms with van der Waals surface area (Å²) in [4.78, 5) is 0.344. The van der Waals surface area contributed by atoms with Crippen molar-refractivity contribution in [3.8, 4) is 5.75 Å². The maximum absolute atomic E-state index is 11.2. The highest BCUT2D eigenvalue weighted by molar-refractivity contribution is 7.94. The van der Waals surface area contributed by atoms with Gasteiger partial charge in [-0.1, -0.05) is 101 Å². The fourth-order valence-corrected chi connectivity index (χ4v) is 4.20. The van der Waals surface area contributed by atoms with E-state index in [1.807, 2.05) is 114 Å². The molecular formula is C33H41N5O7S2. The van der Waals surface area contributed by atoms with Crippen molar-refractivity contribution in [1.82, 2.24) is 0 Å². The Balaban J connectivity index is 0.000000893. The van der Waals surface area contributed by atoms with Crippen LogP contribution in [0.2, 0.25) is 0 Å². The molecule has 14 heteroatoms. The topological polar surface area (TPSA) is 189 Å². The van der Waals surface area contributed by atoms with Gasteiger partial charge >= 0.3 is 0 Å². The van der Waals surface area contributed by atoms with E-state index >= 15 is 0 Å². The Morgan fingerprint density at radius 1 is 0.702 bits per heavy atom. The van der Waals surface area contributed by atoms with Gasteiger partial charge in [-0.2, -0.15) is 18.6 Å². The molecule has 5 N–H and O–H groups in total. The van der Waals surface area contributed by atoms with Crippen LogP contribution < -0.4 is 5.73 Å². The van der Waals surface area contributed by atoms with Gasteiger partial charge in [0.25, 0.3) is 10.1 Å². The molecule has 0 aliphatic carbocycles. The second-order valence-corrected chi connectivity index (χ2v) is 10.6. The first-order valence-electron chi connectivity index (χ1n) is 14.7. The van der Waals surface area contributed by atoms with Crippen molar-refractivity contribution in [2.75, 3.05) is 12.0 Å². The number of hydrogen-bond acceptors (Lipinski definition) is 12. The van der Waals surface area contributed by atoms with Crippen LogP contribution in [0.3, 0.4) is 0 Å². The van der Waals surface area contributed by atoms with Gasteiger partial charge in [-0.05, 0) is 52.6 Å². The zero-order valence-corrected chi connectivity index (χ0v) is 29.0. The summed E-state index contributed by atoms with van der Waals surface area (Å²) in [6.07, 6.45) is 0.715. The summed E-state index contributed by atoms with van der Waals surface area (Å²) in [6, 6.07) is 27.8. The van der Waals surface area contributed by atoms with Gasteiger partial charge < -0.3 is 10.8 Å². The molecule has 0 heterocycles. The van der Waals surface area contributed by atoms with E-state index in [2.05, 4.69) is 29.8 Å². The first-order valence-corrected chi connectivity index (χ1v) is 17.3. The molecule has 0 aliphatic heterocycles. The Hall–Kier alpha value is -4.44. The third-order valence-corrected chi connectivity index (χ3v) is 6.04. The average Bonchev–Trinajstić information content (AvgIpc) is 3.09. The standard InChI is InChI=1S/C26H19N5O4S.3C2H6.CH4O3S/c27-24-21(30-28-19-8-2-1-3-9-19)13-11-18-15-22(36-35-34-33)25(26(32)23(18)24)31-29-20-12-10-16-6-4-5-7-17(16)14-20;3*1-2;1-5(2,3)4/h1-15,32-33H,27H2;3*1-2H3;1H3,(H,2,3,4). The van der Waals surface area contributed by atoms with Gasteiger partial charge in [0.2, 0.25) is 0 Å². The van der Waals surface area contributed by atoms with E-state index in [4.69, 9.17) is 15.5 Å². The number of nitrogens with two attached hydrogens (primary N) is 1. The second kappa shape index (κ2) is 21.4. The van der Waals surface area contributed by atoms with Crippen LogP contribution in [-0.2, 0) is 19.5 Å². The van der Waals surface area contributed by atoms with E-state index in [9.17, 15) is 13.5 Å². The summed E-state index contributed by atoms with van der Waals surface area (Å²) in [5.41, 5.74) is 8.33. The molecule has 12 nitrogen and oxygen atoms in total. The summed E-state index contributed by atoms with van der Waals surface area (Å²) in [7, 11) is -3.67. The van der Waals surface area contributed by atoms with E-state index in [1.54, 1.807) is 18.2 Å². The van der Waals surface area contributed by atoms with Gasteiger partial charge in [-0.25, -0.2) is 5.26 Å². The van der Waals surface area contributed by atoms with Crippen LogP contribution in [0.4, 0.5) is 28.4 Å². The number of phenolic OH excluding ortho intramolecular Hbond substituents is 1. The molecule has 5 aromatic carbocycles. The minimum absolute atomic E-state index is 0.0848. The maximum Gasteiger partial charge on any atom is 0.261 e. The summed E-state index contributed by atoms with van der Waals surface area (Å²) < 4.78 is 30.5. The maximum atomic E-state index is 11.2. The number of nitrogens with zero attached hydrogens (tertiary/aromatic N) is 4. The van der Waals surface area contributed by atoms with Crippen molar-refractivity contribution < 1.29 is 32.7 Å². The Kier molecular flexibility index (Phi) is 18.5. The summed E-state index contributed by atoms with van der Waals surface area (Å²) in [6.45, 7) is 12.0. The van der Waals surface area contributed by atoms with Crippen LogP contribution in [0.25, 0.3) is 21.5 Å². The van der Waals surface area contributed by atoms with Crippen molar-refractivity contribution in [3.63, 3.8) is 0 Å². The monoisotopic (exact) mass is 683 g/mol. The highest BCUT2D eigenvalue weighted by Gasteiger charge is 2.18. The lowest BCUT2D eigenvalue weighted by atomic mass is 10.1. The molecule has 0 fully saturated rings. The van der Waals surface area contributed by atoms with Gasteiger partial charge in [0.15, 0.2) is 5.75 Å². The zero-order chi connectivity index (χ0) is 35.4. The molecule has 0 atom stereocenters. The first-order chi connectivity index (χ1) is 22.6. The van der Waals surface area contributed by atoms with Crippen molar-refractivity contribution in [2.45, 2.75) is 46.4 Å². The van der Waals surface area contributed by atoms with E-state index in [0.29, 0.717) is 51.0 Å². The van der Waals surface area contributed by atoms with Crippen LogP contribution in [0.5, 0.6) is 5.75 Å². The normalized spacial score (nSPS) is 10.7. The summed E-state index contributed by atoms with van der Waals surface area (Å²) >= 11 is 0.663. The van der Waals surface area contributed by atoms with E-state index in [-0.39, 0.29) is 17.1 Å². The lowest BCUT2D eigenvalue weighted by Crippen LogP contribution is -1.90. The molecule has 0 radical (unpaired) electrons. The Morgan fingerprint density at radius 2 is 1.26 bits per heavy atom. The van der Waals surface area contributed by atoms with Crippen LogP contribution in [0, 0.1) is 0 Å². The average molecular weight is 684 g/mol. The molecule has 0 saturated carbocycles. The Morgan fingerprint density at radius 3 is 1.87 bits per heavy atom. The number of hydrogen-bond donors (Lipinski definition) is 4. The predicted octanol–water partition coefficient (Wildman–Crippen LogP) is 11.1. The number of benzene rings is 5. The lowest BCUT2D eigenvalue weighted by Gasteiger charge is -2.12. The van der Waals surface area contributed by atoms with Crippen molar-refractivity contribution in [2.24, 2.45) is 20.5 Å². The first kappa shape index (κ1) is 40.6. The number of nitrogen functional groups attached to an aromatic ring is 1. The molecule has 0 spiro atoms. The zero-order valence-electron chi connectivity index (χ0n) is 27.3. The van der Waals surface area contributed by atoms with Crippen molar-refractivity contribution >= 4 is 72.1 Å². The fraction of sp³-hybridized carbons (Fsp3) is 0.212. The van der Waals surface area contributed by atoms with Gasteiger partial charge in [-0.3, -0.25) is 4.55 Å². The highest BCUT2D eigenvalue weighted by Crippen LogP contribution is 2.47.